The Kier molecular flexibility index (Phi) is 16.1. The molecule has 2 saturated carbocycles. The minimum absolute atomic E-state index is 0.135. The quantitative estimate of drug-likeness (QED) is 0.122. The molecule has 0 radical (unpaired) electrons. The molecule has 424 valence electrons. The van der Waals surface area contributed by atoms with Gasteiger partial charge in [-0.05, 0) is 200 Å². The van der Waals surface area contributed by atoms with Crippen molar-refractivity contribution in [3.8, 4) is 11.5 Å². The standard InChI is InChI=1S/2C40H41NO/c2*1-27-19-20-30-22-24-35(29-13-7-4-8-14-29)38-37(30)36(27)39(31-15-9-5-10-16-31)41(40(38)32-17-11-6-12-18-32)26-33-21-23-34(42-3)25-28(33)2/h2*5-6,9-12,15-25,29,39-40H,4,7-8,13-14,26H2,1-3H3/t2*39-,40+/m11/s1. The molecule has 14 rings (SSSR count). The van der Waals surface area contributed by atoms with Gasteiger partial charge in [-0.25, -0.2) is 0 Å². The normalized spacial score (nSPS) is 19.2. The largest absolute Gasteiger partial charge is 0.497 e. The van der Waals surface area contributed by atoms with Crippen molar-refractivity contribution < 1.29 is 9.47 Å². The Morgan fingerprint density at radius 1 is 0.333 bits per heavy atom. The Hall–Kier alpha value is -7.76. The maximum absolute atomic E-state index is 5.59. The molecule has 84 heavy (non-hydrogen) atoms. The third-order valence-electron chi connectivity index (χ3n) is 19.8. The SMILES string of the molecule is COc1ccc(CN2[C@H](c3ccccc3)c3c(C)ccc4ccc(C5CCCCC5)c(c34)[C@@H]2c2ccccc2)c(C)c1.COc1ccc(CN2[C@H](c3ccccc3)c3c(C)ccc4ccc(C5CCCCC5)c(c34)[C@@H]2c2ccccc2)c(C)c1. The first kappa shape index (κ1) is 55.4. The fourth-order valence-electron chi connectivity index (χ4n) is 15.7. The molecule has 2 heterocycles. The van der Waals surface area contributed by atoms with E-state index < -0.39 is 0 Å². The van der Waals surface area contributed by atoms with E-state index in [4.69, 9.17) is 9.47 Å². The number of rotatable bonds is 12. The molecule has 0 bridgehead atoms. The Bertz CT molecular complexity index is 3660. The van der Waals surface area contributed by atoms with Crippen LogP contribution in [0.3, 0.4) is 0 Å². The van der Waals surface area contributed by atoms with Crippen molar-refractivity contribution in [1.82, 2.24) is 9.80 Å². The molecule has 2 fully saturated rings. The summed E-state index contributed by atoms with van der Waals surface area (Å²) in [6.07, 6.45) is 13.2. The molecule has 10 aromatic rings. The lowest BCUT2D eigenvalue weighted by molar-refractivity contribution is 0.164. The van der Waals surface area contributed by atoms with E-state index in [9.17, 15) is 0 Å². The first-order valence-corrected chi connectivity index (χ1v) is 31.4. The summed E-state index contributed by atoms with van der Waals surface area (Å²) in [6, 6.07) is 77.9. The minimum atomic E-state index is 0.135. The summed E-state index contributed by atoms with van der Waals surface area (Å²) in [5.41, 5.74) is 22.6. The molecule has 4 atom stereocenters. The molecule has 0 N–H and O–H groups in total. The molecular weight excluding hydrogens is 1020 g/mol. The van der Waals surface area contributed by atoms with Crippen molar-refractivity contribution in [2.75, 3.05) is 14.2 Å². The number of methoxy groups -OCH3 is 2. The second kappa shape index (κ2) is 24.4. The monoisotopic (exact) mass is 1100 g/mol. The topological polar surface area (TPSA) is 24.9 Å². The predicted molar refractivity (Wildman–Crippen MR) is 349 cm³/mol. The van der Waals surface area contributed by atoms with Crippen LogP contribution in [-0.2, 0) is 13.1 Å². The van der Waals surface area contributed by atoms with Gasteiger partial charge < -0.3 is 9.47 Å². The summed E-state index contributed by atoms with van der Waals surface area (Å²) in [6.45, 7) is 10.8. The zero-order valence-electron chi connectivity index (χ0n) is 50.3. The Morgan fingerprint density at radius 3 is 0.976 bits per heavy atom. The van der Waals surface area contributed by atoms with E-state index in [0.29, 0.717) is 11.8 Å². The molecule has 0 saturated heterocycles. The first-order chi connectivity index (χ1) is 41.3. The van der Waals surface area contributed by atoms with Crippen LogP contribution in [0, 0.1) is 27.7 Å². The third-order valence-corrected chi connectivity index (χ3v) is 19.8. The second-order valence-corrected chi connectivity index (χ2v) is 24.8. The van der Waals surface area contributed by atoms with Crippen LogP contribution >= 0.6 is 0 Å². The third kappa shape index (κ3) is 10.6. The van der Waals surface area contributed by atoms with E-state index in [-0.39, 0.29) is 24.2 Å². The van der Waals surface area contributed by atoms with Crippen LogP contribution in [0.25, 0.3) is 21.5 Å². The van der Waals surface area contributed by atoms with Crippen LogP contribution < -0.4 is 9.47 Å². The molecule has 0 amide bonds. The van der Waals surface area contributed by atoms with Gasteiger partial charge in [0.1, 0.15) is 11.5 Å². The zero-order chi connectivity index (χ0) is 57.3. The van der Waals surface area contributed by atoms with Gasteiger partial charge in [-0.1, -0.05) is 221 Å². The summed E-state index contributed by atoms with van der Waals surface area (Å²) in [5.74, 6) is 3.07. The molecule has 0 unspecified atom stereocenters. The minimum Gasteiger partial charge on any atom is -0.497 e. The highest BCUT2D eigenvalue weighted by Crippen LogP contribution is 2.56. The molecule has 0 spiro atoms. The Morgan fingerprint density at radius 2 is 0.655 bits per heavy atom. The van der Waals surface area contributed by atoms with Crippen LogP contribution in [0.15, 0.2) is 206 Å². The maximum Gasteiger partial charge on any atom is 0.119 e. The lowest BCUT2D eigenvalue weighted by Gasteiger charge is -2.46. The van der Waals surface area contributed by atoms with Crippen LogP contribution in [-0.4, -0.2) is 24.0 Å². The van der Waals surface area contributed by atoms with Crippen molar-refractivity contribution in [3.63, 3.8) is 0 Å². The molecule has 4 aliphatic rings. The second-order valence-electron chi connectivity index (χ2n) is 24.8. The number of nitrogens with zero attached hydrogens (tertiary/aromatic N) is 2. The average Bonchev–Trinajstić information content (AvgIpc) is 0.964. The van der Waals surface area contributed by atoms with E-state index in [1.54, 1.807) is 36.5 Å². The lowest BCUT2D eigenvalue weighted by Crippen LogP contribution is -2.38. The van der Waals surface area contributed by atoms with Gasteiger partial charge in [0.05, 0.1) is 38.4 Å². The van der Waals surface area contributed by atoms with Gasteiger partial charge in [0.15, 0.2) is 0 Å². The van der Waals surface area contributed by atoms with Gasteiger partial charge in [-0.15, -0.1) is 0 Å². The molecule has 4 heteroatoms. The van der Waals surface area contributed by atoms with Gasteiger partial charge in [0.25, 0.3) is 0 Å². The summed E-state index contributed by atoms with van der Waals surface area (Å²) < 4.78 is 11.2. The Balaban J connectivity index is 0.000000157. The van der Waals surface area contributed by atoms with Crippen molar-refractivity contribution in [2.24, 2.45) is 0 Å². The highest BCUT2D eigenvalue weighted by atomic mass is 16.5. The zero-order valence-corrected chi connectivity index (χ0v) is 50.3. The van der Waals surface area contributed by atoms with Gasteiger partial charge >= 0.3 is 0 Å². The highest BCUT2D eigenvalue weighted by molar-refractivity contribution is 5.95. The summed E-state index contributed by atoms with van der Waals surface area (Å²) in [5, 5.41) is 5.71. The molecule has 10 aromatic carbocycles. The molecular formula is C80H82N2O2. The van der Waals surface area contributed by atoms with E-state index in [2.05, 4.69) is 244 Å². The van der Waals surface area contributed by atoms with Gasteiger partial charge in [0, 0.05) is 13.1 Å². The molecule has 4 nitrogen and oxygen atoms in total. The van der Waals surface area contributed by atoms with Crippen LogP contribution in [0.1, 0.15) is 189 Å². The number of aryl methyl sites for hydroxylation is 4. The summed E-state index contributed by atoms with van der Waals surface area (Å²) in [4.78, 5) is 5.60. The van der Waals surface area contributed by atoms with Crippen molar-refractivity contribution in [1.29, 1.82) is 0 Å². The van der Waals surface area contributed by atoms with Crippen LogP contribution in [0.2, 0.25) is 0 Å². The maximum atomic E-state index is 5.59. The number of hydrogen-bond acceptors (Lipinski definition) is 4. The van der Waals surface area contributed by atoms with Gasteiger partial charge in [-0.3, -0.25) is 9.80 Å². The highest BCUT2D eigenvalue weighted by Gasteiger charge is 2.43. The Labute approximate surface area is 500 Å². The summed E-state index contributed by atoms with van der Waals surface area (Å²) in [7, 11) is 3.51. The van der Waals surface area contributed by atoms with E-state index in [1.807, 2.05) is 0 Å². The van der Waals surface area contributed by atoms with Crippen molar-refractivity contribution in [2.45, 2.75) is 141 Å². The average molecular weight is 1100 g/mol. The van der Waals surface area contributed by atoms with Crippen molar-refractivity contribution in [3.05, 3.63) is 295 Å². The van der Waals surface area contributed by atoms with E-state index >= 15 is 0 Å². The van der Waals surface area contributed by atoms with Crippen molar-refractivity contribution >= 4 is 21.5 Å². The van der Waals surface area contributed by atoms with Gasteiger partial charge in [0.2, 0.25) is 0 Å². The van der Waals surface area contributed by atoms with Crippen LogP contribution in [0.5, 0.6) is 11.5 Å². The predicted octanol–water partition coefficient (Wildman–Crippen LogP) is 20.4. The smallest absolute Gasteiger partial charge is 0.119 e. The fourth-order valence-corrected chi connectivity index (χ4v) is 15.7. The summed E-state index contributed by atoms with van der Waals surface area (Å²) >= 11 is 0. The molecule has 2 aliphatic carbocycles. The number of hydrogen-bond donors (Lipinski definition) is 0. The molecule has 2 aliphatic heterocycles. The lowest BCUT2D eigenvalue weighted by atomic mass is 9.73. The van der Waals surface area contributed by atoms with Crippen LogP contribution in [0.4, 0.5) is 0 Å². The van der Waals surface area contributed by atoms with E-state index in [1.165, 1.54) is 153 Å². The van der Waals surface area contributed by atoms with E-state index in [0.717, 1.165) is 24.6 Å². The number of ether oxygens (including phenoxy) is 2. The number of benzene rings is 10. The first-order valence-electron chi connectivity index (χ1n) is 31.4. The fraction of sp³-hybridized carbons (Fsp3) is 0.300. The molecule has 0 aromatic heterocycles. The van der Waals surface area contributed by atoms with Gasteiger partial charge in [-0.2, -0.15) is 0 Å².